The van der Waals surface area contributed by atoms with Crippen LogP contribution in [0.1, 0.15) is 11.1 Å². The lowest BCUT2D eigenvalue weighted by Crippen LogP contribution is -2.05. The highest BCUT2D eigenvalue weighted by molar-refractivity contribution is 5.86. The highest BCUT2D eigenvalue weighted by Gasteiger charge is 2.30. The second-order valence-electron chi connectivity index (χ2n) is 5.03. The Hall–Kier alpha value is -2.63. The van der Waals surface area contributed by atoms with Gasteiger partial charge < -0.3 is 5.73 Å². The third-order valence-corrected chi connectivity index (χ3v) is 3.39. The SMILES string of the molecule is Cc1cc(-c2ccc(C(F)(F)F)cn2)nc2cc(N)ccc12. The number of nitrogen functional groups attached to an aromatic ring is 1. The van der Waals surface area contributed by atoms with E-state index < -0.39 is 11.7 Å². The summed E-state index contributed by atoms with van der Waals surface area (Å²) in [6.45, 7) is 1.91. The number of nitrogens with two attached hydrogens (primary N) is 1. The van der Waals surface area contributed by atoms with E-state index in [1.807, 2.05) is 13.0 Å². The molecule has 3 nitrogen and oxygen atoms in total. The van der Waals surface area contributed by atoms with Gasteiger partial charge in [0.05, 0.1) is 22.5 Å². The number of anilines is 1. The molecule has 3 rings (SSSR count). The van der Waals surface area contributed by atoms with Crippen molar-refractivity contribution in [2.75, 3.05) is 5.73 Å². The minimum atomic E-state index is -4.40. The maximum Gasteiger partial charge on any atom is 0.417 e. The Labute approximate surface area is 124 Å². The molecule has 2 N–H and O–H groups in total. The second-order valence-corrected chi connectivity index (χ2v) is 5.03. The molecule has 0 saturated heterocycles. The predicted molar refractivity (Wildman–Crippen MR) is 79.1 cm³/mol. The Bertz CT molecular complexity index is 840. The summed E-state index contributed by atoms with van der Waals surface area (Å²) in [6, 6.07) is 9.51. The first-order valence-electron chi connectivity index (χ1n) is 6.55. The van der Waals surface area contributed by atoms with Crippen molar-refractivity contribution in [2.45, 2.75) is 13.1 Å². The molecule has 0 radical (unpaired) electrons. The standard InChI is InChI=1S/C16H12F3N3/c1-9-6-15(22-14-7-11(20)3-4-12(9)14)13-5-2-10(8-21-13)16(17,18)19/h2-8H,20H2,1H3. The summed E-state index contributed by atoms with van der Waals surface area (Å²) in [4.78, 5) is 8.31. The van der Waals surface area contributed by atoms with Gasteiger partial charge in [-0.15, -0.1) is 0 Å². The normalized spacial score (nSPS) is 11.8. The molecule has 0 aliphatic rings. The Balaban J connectivity index is 2.10. The van der Waals surface area contributed by atoms with Crippen LogP contribution in [-0.4, -0.2) is 9.97 Å². The number of hydrogen-bond donors (Lipinski definition) is 1. The van der Waals surface area contributed by atoms with Crippen molar-refractivity contribution >= 4 is 16.6 Å². The minimum absolute atomic E-state index is 0.389. The fraction of sp³-hybridized carbons (Fsp3) is 0.125. The van der Waals surface area contributed by atoms with E-state index in [1.165, 1.54) is 6.07 Å². The highest BCUT2D eigenvalue weighted by Crippen LogP contribution is 2.30. The molecular weight excluding hydrogens is 291 g/mol. The molecule has 22 heavy (non-hydrogen) atoms. The molecule has 0 fully saturated rings. The van der Waals surface area contributed by atoms with E-state index in [2.05, 4.69) is 9.97 Å². The summed E-state index contributed by atoms with van der Waals surface area (Å²) in [5.74, 6) is 0. The number of pyridine rings is 2. The third kappa shape index (κ3) is 2.59. The van der Waals surface area contributed by atoms with Crippen LogP contribution in [0.3, 0.4) is 0 Å². The van der Waals surface area contributed by atoms with E-state index >= 15 is 0 Å². The van der Waals surface area contributed by atoms with Gasteiger partial charge in [-0.05, 0) is 42.8 Å². The monoisotopic (exact) mass is 303 g/mol. The predicted octanol–water partition coefficient (Wildman–Crippen LogP) is 4.21. The fourth-order valence-corrected chi connectivity index (χ4v) is 2.26. The quantitative estimate of drug-likeness (QED) is 0.685. The summed E-state index contributed by atoms with van der Waals surface area (Å²) in [5, 5.41) is 0.949. The zero-order valence-corrected chi connectivity index (χ0v) is 11.6. The van der Waals surface area contributed by atoms with Crippen LogP contribution in [0.5, 0.6) is 0 Å². The van der Waals surface area contributed by atoms with E-state index in [0.717, 1.165) is 23.2 Å². The summed E-state index contributed by atoms with van der Waals surface area (Å²) in [5.41, 5.74) is 8.11. The average molecular weight is 303 g/mol. The van der Waals surface area contributed by atoms with E-state index in [0.29, 0.717) is 22.6 Å². The molecule has 0 bridgehead atoms. The highest BCUT2D eigenvalue weighted by atomic mass is 19.4. The van der Waals surface area contributed by atoms with Crippen molar-refractivity contribution in [3.8, 4) is 11.4 Å². The number of halogens is 3. The van der Waals surface area contributed by atoms with Crippen LogP contribution >= 0.6 is 0 Å². The van der Waals surface area contributed by atoms with Gasteiger partial charge in [0.15, 0.2) is 0 Å². The van der Waals surface area contributed by atoms with E-state index in [1.54, 1.807) is 18.2 Å². The number of aryl methyl sites for hydroxylation is 1. The van der Waals surface area contributed by atoms with Crippen molar-refractivity contribution in [1.82, 2.24) is 9.97 Å². The van der Waals surface area contributed by atoms with Crippen molar-refractivity contribution < 1.29 is 13.2 Å². The third-order valence-electron chi connectivity index (χ3n) is 3.39. The first kappa shape index (κ1) is 14.3. The van der Waals surface area contributed by atoms with Crippen LogP contribution in [0.15, 0.2) is 42.6 Å². The Morgan fingerprint density at radius 1 is 1.00 bits per heavy atom. The van der Waals surface area contributed by atoms with Crippen LogP contribution in [0.4, 0.5) is 18.9 Å². The largest absolute Gasteiger partial charge is 0.417 e. The topological polar surface area (TPSA) is 51.8 Å². The molecule has 0 saturated carbocycles. The van der Waals surface area contributed by atoms with Crippen LogP contribution in [0, 0.1) is 6.92 Å². The average Bonchev–Trinajstić information content (AvgIpc) is 2.46. The maximum absolute atomic E-state index is 12.6. The molecule has 0 spiro atoms. The smallest absolute Gasteiger partial charge is 0.399 e. The van der Waals surface area contributed by atoms with Crippen molar-refractivity contribution in [2.24, 2.45) is 0 Å². The molecular formula is C16H12F3N3. The summed E-state index contributed by atoms with van der Waals surface area (Å²) < 4.78 is 37.7. The Morgan fingerprint density at radius 3 is 2.41 bits per heavy atom. The zero-order valence-electron chi connectivity index (χ0n) is 11.6. The molecule has 6 heteroatoms. The second kappa shape index (κ2) is 4.98. The molecule has 0 amide bonds. The van der Waals surface area contributed by atoms with E-state index in [-0.39, 0.29) is 0 Å². The molecule has 3 aromatic rings. The number of hydrogen-bond acceptors (Lipinski definition) is 3. The number of fused-ring (bicyclic) bond motifs is 1. The van der Waals surface area contributed by atoms with Gasteiger partial charge in [0.2, 0.25) is 0 Å². The van der Waals surface area contributed by atoms with Gasteiger partial charge in [0.1, 0.15) is 0 Å². The number of nitrogens with zero attached hydrogens (tertiary/aromatic N) is 2. The van der Waals surface area contributed by atoms with Gasteiger partial charge in [-0.1, -0.05) is 6.07 Å². The number of benzene rings is 1. The van der Waals surface area contributed by atoms with Gasteiger partial charge in [-0.2, -0.15) is 13.2 Å². The van der Waals surface area contributed by atoms with Crippen LogP contribution in [0.25, 0.3) is 22.3 Å². The fourth-order valence-electron chi connectivity index (χ4n) is 2.26. The molecule has 0 atom stereocenters. The number of rotatable bonds is 1. The van der Waals surface area contributed by atoms with E-state index in [9.17, 15) is 13.2 Å². The number of aromatic nitrogens is 2. The maximum atomic E-state index is 12.6. The lowest BCUT2D eigenvalue weighted by Gasteiger charge is -2.09. The molecule has 2 heterocycles. The first-order valence-corrected chi connectivity index (χ1v) is 6.55. The van der Waals surface area contributed by atoms with Gasteiger partial charge >= 0.3 is 6.18 Å². The van der Waals surface area contributed by atoms with Gasteiger partial charge in [0.25, 0.3) is 0 Å². The molecule has 2 aromatic heterocycles. The molecule has 0 aliphatic carbocycles. The summed E-state index contributed by atoms with van der Waals surface area (Å²) in [7, 11) is 0. The molecule has 0 aliphatic heterocycles. The van der Waals surface area contributed by atoms with Crippen molar-refractivity contribution in [3.05, 3.63) is 53.7 Å². The van der Waals surface area contributed by atoms with Crippen LogP contribution in [-0.2, 0) is 6.18 Å². The zero-order chi connectivity index (χ0) is 15.9. The first-order chi connectivity index (χ1) is 10.3. The van der Waals surface area contributed by atoms with Gasteiger partial charge in [-0.25, -0.2) is 4.98 Å². The van der Waals surface area contributed by atoms with Crippen LogP contribution in [0.2, 0.25) is 0 Å². The van der Waals surface area contributed by atoms with Gasteiger partial charge in [-0.3, -0.25) is 4.98 Å². The van der Waals surface area contributed by atoms with Crippen molar-refractivity contribution in [1.29, 1.82) is 0 Å². The lowest BCUT2D eigenvalue weighted by atomic mass is 10.1. The molecule has 0 unspecified atom stereocenters. The Morgan fingerprint density at radius 2 is 1.77 bits per heavy atom. The summed E-state index contributed by atoms with van der Waals surface area (Å²) >= 11 is 0. The van der Waals surface area contributed by atoms with Crippen molar-refractivity contribution in [3.63, 3.8) is 0 Å². The molecule has 1 aromatic carbocycles. The Kier molecular flexibility index (Phi) is 3.24. The van der Waals surface area contributed by atoms with E-state index in [4.69, 9.17) is 5.73 Å². The number of alkyl halides is 3. The molecule has 112 valence electrons. The summed E-state index contributed by atoms with van der Waals surface area (Å²) in [6.07, 6.45) is -3.58. The van der Waals surface area contributed by atoms with Gasteiger partial charge in [0, 0.05) is 17.3 Å². The minimum Gasteiger partial charge on any atom is -0.399 e. The lowest BCUT2D eigenvalue weighted by molar-refractivity contribution is -0.137. The van der Waals surface area contributed by atoms with Crippen LogP contribution < -0.4 is 5.73 Å².